The molecule has 0 fully saturated rings. The molecule has 8 heteroatoms. The van der Waals surface area contributed by atoms with Crippen molar-refractivity contribution in [2.75, 3.05) is 12.4 Å². The topological polar surface area (TPSA) is 74.1 Å². The van der Waals surface area contributed by atoms with Crippen LogP contribution in [0.5, 0.6) is 0 Å². The fourth-order valence-electron chi connectivity index (χ4n) is 2.66. The van der Waals surface area contributed by atoms with Gasteiger partial charge in [-0.25, -0.2) is 14.2 Å². The van der Waals surface area contributed by atoms with Crippen LogP contribution in [0.2, 0.25) is 0 Å². The monoisotopic (exact) mass is 399 g/mol. The summed E-state index contributed by atoms with van der Waals surface area (Å²) in [5.41, 5.74) is 3.08. The van der Waals surface area contributed by atoms with Gasteiger partial charge in [-0.3, -0.25) is 9.78 Å². The van der Waals surface area contributed by atoms with Gasteiger partial charge in [0.05, 0.1) is 23.7 Å². The van der Waals surface area contributed by atoms with Crippen LogP contribution in [0.25, 0.3) is 22.5 Å². The number of rotatable bonds is 7. The van der Waals surface area contributed by atoms with Crippen LogP contribution < -0.4 is 0 Å². The molecule has 6 nitrogen and oxygen atoms in total. The van der Waals surface area contributed by atoms with Crippen molar-refractivity contribution in [3.63, 3.8) is 0 Å². The first-order valence-corrected chi connectivity index (χ1v) is 9.55. The summed E-state index contributed by atoms with van der Waals surface area (Å²) in [5.74, 6) is -1.89. The molecule has 2 heterocycles. The molecule has 0 amide bonds. The smallest absolute Gasteiger partial charge is 0.375 e. The van der Waals surface area contributed by atoms with Crippen LogP contribution in [0, 0.1) is 5.82 Å². The number of carbonyl (C=O) groups is 2. The van der Waals surface area contributed by atoms with Crippen LogP contribution in [-0.4, -0.2) is 38.6 Å². The maximum absolute atomic E-state index is 13.3. The minimum absolute atomic E-state index is 0.0810. The number of imidazole rings is 1. The highest BCUT2D eigenvalue weighted by molar-refractivity contribution is 7.99. The average Bonchev–Trinajstić information content (AvgIpc) is 3.03. The Morgan fingerprint density at radius 2 is 1.79 bits per heavy atom. The first-order chi connectivity index (χ1) is 13.5. The van der Waals surface area contributed by atoms with E-state index in [0.717, 1.165) is 28.6 Å². The van der Waals surface area contributed by atoms with E-state index in [4.69, 9.17) is 4.74 Å². The third kappa shape index (κ3) is 4.28. The zero-order valence-electron chi connectivity index (χ0n) is 15.4. The lowest BCUT2D eigenvalue weighted by Gasteiger charge is -2.07. The lowest BCUT2D eigenvalue weighted by Crippen LogP contribution is -2.19. The van der Waals surface area contributed by atoms with Crippen molar-refractivity contribution < 1.29 is 18.7 Å². The van der Waals surface area contributed by atoms with E-state index in [-0.39, 0.29) is 18.2 Å². The van der Waals surface area contributed by atoms with Crippen molar-refractivity contribution in [3.05, 3.63) is 54.6 Å². The molecule has 0 bridgehead atoms. The molecule has 0 aliphatic carbocycles. The maximum Gasteiger partial charge on any atom is 0.375 e. The number of nitrogens with zero attached hydrogens (tertiary/aromatic N) is 3. The maximum atomic E-state index is 13.3. The Hall–Kier alpha value is -3.00. The van der Waals surface area contributed by atoms with Gasteiger partial charge in [0.2, 0.25) is 5.78 Å². The van der Waals surface area contributed by atoms with Gasteiger partial charge in [0.15, 0.2) is 5.16 Å². The van der Waals surface area contributed by atoms with E-state index in [0.29, 0.717) is 10.9 Å². The van der Waals surface area contributed by atoms with Gasteiger partial charge in [-0.15, -0.1) is 0 Å². The Labute approximate surface area is 165 Å². The number of ether oxygens (including phenoxy) is 1. The van der Waals surface area contributed by atoms with E-state index in [1.807, 2.05) is 23.7 Å². The minimum atomic E-state index is -0.850. The second kappa shape index (κ2) is 8.79. The van der Waals surface area contributed by atoms with E-state index in [9.17, 15) is 14.0 Å². The van der Waals surface area contributed by atoms with Gasteiger partial charge in [0.1, 0.15) is 5.82 Å². The van der Waals surface area contributed by atoms with Crippen LogP contribution in [0.1, 0.15) is 6.92 Å². The summed E-state index contributed by atoms with van der Waals surface area (Å²) in [4.78, 5) is 32.1. The lowest BCUT2D eigenvalue weighted by atomic mass is 10.1. The predicted molar refractivity (Wildman–Crippen MR) is 104 cm³/mol. The highest BCUT2D eigenvalue weighted by atomic mass is 32.2. The number of Topliss-reactive ketones (excluding diaryl/α,β-unsaturated/α-hetero) is 1. The second-order valence-electron chi connectivity index (χ2n) is 5.83. The van der Waals surface area contributed by atoms with Crippen molar-refractivity contribution in [2.45, 2.75) is 12.1 Å². The summed E-state index contributed by atoms with van der Waals surface area (Å²) in [6.07, 6.45) is 3.35. The fraction of sp³-hybridized carbons (Fsp3) is 0.200. The normalized spacial score (nSPS) is 10.7. The molecule has 0 atom stereocenters. The van der Waals surface area contributed by atoms with Crippen LogP contribution in [0.4, 0.5) is 4.39 Å². The first kappa shape index (κ1) is 19.8. The molecule has 3 aromatic rings. The molecule has 0 spiro atoms. The van der Waals surface area contributed by atoms with E-state index < -0.39 is 11.8 Å². The Kier molecular flexibility index (Phi) is 6.20. The van der Waals surface area contributed by atoms with E-state index in [2.05, 4.69) is 9.97 Å². The van der Waals surface area contributed by atoms with Gasteiger partial charge in [0, 0.05) is 30.6 Å². The quantitative estimate of drug-likeness (QED) is 0.344. The van der Waals surface area contributed by atoms with Gasteiger partial charge in [-0.2, -0.15) is 0 Å². The Balaban J connectivity index is 1.97. The van der Waals surface area contributed by atoms with Crippen LogP contribution in [0.15, 0.2) is 53.9 Å². The first-order valence-electron chi connectivity index (χ1n) is 8.57. The van der Waals surface area contributed by atoms with Crippen LogP contribution in [0.3, 0.4) is 0 Å². The van der Waals surface area contributed by atoms with Crippen molar-refractivity contribution in [3.8, 4) is 22.5 Å². The van der Waals surface area contributed by atoms with E-state index in [1.165, 1.54) is 12.1 Å². The number of benzene rings is 1. The molecule has 0 N–H and O–H groups in total. The summed E-state index contributed by atoms with van der Waals surface area (Å²) >= 11 is 1.15. The summed E-state index contributed by atoms with van der Waals surface area (Å²) in [6, 6.07) is 9.75. The van der Waals surface area contributed by atoms with Crippen molar-refractivity contribution in [1.82, 2.24) is 14.5 Å². The highest BCUT2D eigenvalue weighted by Gasteiger charge is 2.21. The van der Waals surface area contributed by atoms with Gasteiger partial charge >= 0.3 is 5.97 Å². The molecule has 0 saturated carbocycles. The predicted octanol–water partition coefficient (Wildman–Crippen LogP) is 3.51. The molecule has 0 saturated heterocycles. The zero-order valence-corrected chi connectivity index (χ0v) is 16.2. The number of esters is 1. The van der Waals surface area contributed by atoms with Crippen molar-refractivity contribution in [2.24, 2.45) is 7.05 Å². The molecule has 144 valence electrons. The molecule has 0 unspecified atom stereocenters. The minimum Gasteiger partial charge on any atom is -0.460 e. The van der Waals surface area contributed by atoms with Crippen molar-refractivity contribution in [1.29, 1.82) is 0 Å². The van der Waals surface area contributed by atoms with Crippen LogP contribution >= 0.6 is 11.8 Å². The molecular weight excluding hydrogens is 381 g/mol. The largest absolute Gasteiger partial charge is 0.460 e. The van der Waals surface area contributed by atoms with Gasteiger partial charge in [-0.1, -0.05) is 11.8 Å². The Morgan fingerprint density at radius 3 is 2.43 bits per heavy atom. The van der Waals surface area contributed by atoms with Gasteiger partial charge < -0.3 is 9.30 Å². The Morgan fingerprint density at radius 1 is 1.11 bits per heavy atom. The van der Waals surface area contributed by atoms with Gasteiger partial charge in [0.25, 0.3) is 0 Å². The zero-order chi connectivity index (χ0) is 20.1. The second-order valence-corrected chi connectivity index (χ2v) is 6.77. The number of pyridine rings is 1. The summed E-state index contributed by atoms with van der Waals surface area (Å²) in [7, 11) is 1.83. The average molecular weight is 399 g/mol. The van der Waals surface area contributed by atoms with E-state index >= 15 is 0 Å². The summed E-state index contributed by atoms with van der Waals surface area (Å²) < 4.78 is 19.9. The Bertz CT molecular complexity index is 988. The molecule has 28 heavy (non-hydrogen) atoms. The van der Waals surface area contributed by atoms with Crippen molar-refractivity contribution >= 4 is 23.5 Å². The molecule has 0 radical (unpaired) electrons. The third-order valence-electron chi connectivity index (χ3n) is 3.96. The van der Waals surface area contributed by atoms with E-state index in [1.54, 1.807) is 31.5 Å². The number of hydrogen-bond donors (Lipinski definition) is 0. The SMILES string of the molecule is CCOC(=O)C(=O)CSc1nc(-c2ccc(F)cc2)c(-c2ccncc2)n1C. The molecule has 0 aliphatic rings. The molecule has 3 rings (SSSR count). The van der Waals surface area contributed by atoms with Gasteiger partial charge in [-0.05, 0) is 43.3 Å². The molecule has 1 aromatic carbocycles. The number of thioether (sulfide) groups is 1. The number of aromatic nitrogens is 3. The molecule has 2 aromatic heterocycles. The molecule has 0 aliphatic heterocycles. The number of ketones is 1. The number of carbonyl (C=O) groups excluding carboxylic acids is 2. The highest BCUT2D eigenvalue weighted by Crippen LogP contribution is 2.35. The fourth-order valence-corrected chi connectivity index (χ4v) is 3.48. The summed E-state index contributed by atoms with van der Waals surface area (Å²) in [6.45, 7) is 1.80. The van der Waals surface area contributed by atoms with Crippen LogP contribution in [-0.2, 0) is 21.4 Å². The third-order valence-corrected chi connectivity index (χ3v) is 4.99. The number of halogens is 1. The standard InChI is InChI=1S/C20H18FN3O3S/c1-3-27-19(26)16(25)12-28-20-23-17(13-4-6-15(21)7-5-13)18(24(20)2)14-8-10-22-11-9-14/h4-11H,3,12H2,1-2H3. The lowest BCUT2D eigenvalue weighted by molar-refractivity contribution is -0.152. The molecular formula is C20H18FN3O3S. The number of hydrogen-bond acceptors (Lipinski definition) is 6. The summed E-state index contributed by atoms with van der Waals surface area (Å²) in [5, 5.41) is 0.559.